The molecular formula is C23H34N4O2. The minimum Gasteiger partial charge on any atom is -0.497 e. The van der Waals surface area contributed by atoms with Crippen LogP contribution in [0.5, 0.6) is 5.75 Å². The molecule has 1 atom stereocenters. The lowest BCUT2D eigenvalue weighted by Crippen LogP contribution is -2.44. The van der Waals surface area contributed by atoms with Crippen LogP contribution in [0.25, 0.3) is 0 Å². The Hall–Kier alpha value is -2.34. The highest BCUT2D eigenvalue weighted by atomic mass is 16.5. The molecule has 0 N–H and O–H groups in total. The van der Waals surface area contributed by atoms with Crippen LogP contribution in [0, 0.1) is 12.8 Å². The van der Waals surface area contributed by atoms with E-state index in [1.165, 1.54) is 18.4 Å². The standard InChI is InChI=1S/C23H34N4O2/c1-4-26(23(28)18-27-14-11-24-19(27)2)17-21-8-6-12-25(16-21)13-10-20-7-5-9-22(15-20)29-3/h5,7,9,11,14-15,21H,4,6,8,10,12-13,16-18H2,1-3H3/t21-/m0/s1. The Morgan fingerprint density at radius 1 is 1.38 bits per heavy atom. The number of carbonyl (C=O) groups is 1. The number of benzene rings is 1. The Bertz CT molecular complexity index is 789. The molecule has 0 radical (unpaired) electrons. The van der Waals surface area contributed by atoms with E-state index in [1.807, 2.05) is 28.7 Å². The Kier molecular flexibility index (Phi) is 7.69. The molecule has 158 valence electrons. The van der Waals surface area contributed by atoms with Crippen molar-refractivity contribution in [3.8, 4) is 5.75 Å². The zero-order valence-electron chi connectivity index (χ0n) is 18.0. The van der Waals surface area contributed by atoms with Gasteiger partial charge in [-0.25, -0.2) is 4.98 Å². The van der Waals surface area contributed by atoms with Gasteiger partial charge in [0.05, 0.1) is 7.11 Å². The lowest BCUT2D eigenvalue weighted by molar-refractivity contribution is -0.132. The number of hydrogen-bond donors (Lipinski definition) is 0. The average molecular weight is 399 g/mol. The Morgan fingerprint density at radius 2 is 2.24 bits per heavy atom. The van der Waals surface area contributed by atoms with Crippen LogP contribution in [0.1, 0.15) is 31.2 Å². The second-order valence-electron chi connectivity index (χ2n) is 7.95. The van der Waals surface area contributed by atoms with Crippen molar-refractivity contribution in [2.75, 3.05) is 39.8 Å². The zero-order chi connectivity index (χ0) is 20.6. The van der Waals surface area contributed by atoms with Crippen LogP contribution in [0.4, 0.5) is 0 Å². The van der Waals surface area contributed by atoms with Gasteiger partial charge < -0.3 is 19.1 Å². The molecule has 1 fully saturated rings. The van der Waals surface area contributed by atoms with Crippen molar-refractivity contribution in [3.05, 3.63) is 48.0 Å². The maximum absolute atomic E-state index is 12.8. The third kappa shape index (κ3) is 6.07. The predicted molar refractivity (Wildman–Crippen MR) is 115 cm³/mol. The molecule has 1 aliphatic rings. The molecule has 0 unspecified atom stereocenters. The van der Waals surface area contributed by atoms with E-state index < -0.39 is 0 Å². The van der Waals surface area contributed by atoms with Crippen molar-refractivity contribution in [2.24, 2.45) is 5.92 Å². The largest absolute Gasteiger partial charge is 0.497 e. The number of likely N-dealkylation sites (tertiary alicyclic amines) is 1. The Morgan fingerprint density at radius 3 is 2.97 bits per heavy atom. The van der Waals surface area contributed by atoms with Crippen LogP contribution in [0.2, 0.25) is 0 Å². The minimum atomic E-state index is 0.183. The van der Waals surface area contributed by atoms with Gasteiger partial charge in [0.1, 0.15) is 18.1 Å². The van der Waals surface area contributed by atoms with Gasteiger partial charge in [0, 0.05) is 38.6 Å². The number of ether oxygens (including phenoxy) is 1. The van der Waals surface area contributed by atoms with E-state index >= 15 is 0 Å². The van der Waals surface area contributed by atoms with Crippen molar-refractivity contribution in [1.29, 1.82) is 0 Å². The third-order valence-electron chi connectivity index (χ3n) is 5.90. The molecule has 0 spiro atoms. The molecule has 2 heterocycles. The lowest BCUT2D eigenvalue weighted by atomic mass is 9.96. The van der Waals surface area contributed by atoms with E-state index in [0.717, 1.165) is 50.7 Å². The maximum atomic E-state index is 12.8. The zero-order valence-corrected chi connectivity index (χ0v) is 18.0. The Labute approximate surface area is 174 Å². The highest BCUT2D eigenvalue weighted by molar-refractivity contribution is 5.76. The van der Waals surface area contributed by atoms with Gasteiger partial charge in [0.25, 0.3) is 0 Å². The number of hydrogen-bond acceptors (Lipinski definition) is 4. The van der Waals surface area contributed by atoms with Crippen molar-refractivity contribution in [2.45, 2.75) is 39.7 Å². The van der Waals surface area contributed by atoms with Crippen LogP contribution in [0.3, 0.4) is 0 Å². The second kappa shape index (κ2) is 10.4. The number of amides is 1. The van der Waals surface area contributed by atoms with Gasteiger partial charge in [-0.2, -0.15) is 0 Å². The molecule has 1 amide bonds. The summed E-state index contributed by atoms with van der Waals surface area (Å²) in [5.74, 6) is 2.53. The summed E-state index contributed by atoms with van der Waals surface area (Å²) in [6, 6.07) is 8.33. The van der Waals surface area contributed by atoms with E-state index in [4.69, 9.17) is 4.74 Å². The molecule has 29 heavy (non-hydrogen) atoms. The van der Waals surface area contributed by atoms with Gasteiger partial charge >= 0.3 is 0 Å². The molecule has 1 aliphatic heterocycles. The molecule has 6 heteroatoms. The molecule has 3 rings (SSSR count). The van der Waals surface area contributed by atoms with Crippen LogP contribution in [-0.4, -0.2) is 65.1 Å². The number of imidazole rings is 1. The monoisotopic (exact) mass is 398 g/mol. The second-order valence-corrected chi connectivity index (χ2v) is 7.95. The van der Waals surface area contributed by atoms with E-state index in [1.54, 1.807) is 13.3 Å². The normalized spacial score (nSPS) is 17.3. The number of carbonyl (C=O) groups excluding carboxylic acids is 1. The summed E-state index contributed by atoms with van der Waals surface area (Å²) in [5, 5.41) is 0. The first-order chi connectivity index (χ1) is 14.1. The molecular weight excluding hydrogens is 364 g/mol. The topological polar surface area (TPSA) is 50.6 Å². The highest BCUT2D eigenvalue weighted by Gasteiger charge is 2.24. The molecule has 1 aromatic heterocycles. The number of aromatic nitrogens is 2. The van der Waals surface area contributed by atoms with Crippen LogP contribution < -0.4 is 4.74 Å². The fourth-order valence-corrected chi connectivity index (χ4v) is 4.15. The number of piperidine rings is 1. The Balaban J connectivity index is 1.49. The molecule has 6 nitrogen and oxygen atoms in total. The van der Waals surface area contributed by atoms with Crippen LogP contribution >= 0.6 is 0 Å². The molecule has 0 saturated carbocycles. The fraction of sp³-hybridized carbons (Fsp3) is 0.565. The van der Waals surface area contributed by atoms with Gasteiger partial charge in [0.15, 0.2) is 0 Å². The van der Waals surface area contributed by atoms with Crippen molar-refractivity contribution >= 4 is 5.91 Å². The highest BCUT2D eigenvalue weighted by Crippen LogP contribution is 2.19. The molecule has 0 bridgehead atoms. The summed E-state index contributed by atoms with van der Waals surface area (Å²) in [6.45, 7) is 9.26. The van der Waals surface area contributed by atoms with Crippen LogP contribution in [-0.2, 0) is 17.8 Å². The van der Waals surface area contributed by atoms with Gasteiger partial charge in [0.2, 0.25) is 5.91 Å². The summed E-state index contributed by atoms with van der Waals surface area (Å²) in [6.07, 6.45) is 7.06. The SMILES string of the molecule is CCN(C[C@H]1CCCN(CCc2cccc(OC)c2)C1)C(=O)Cn1ccnc1C. The van der Waals surface area contributed by atoms with E-state index in [-0.39, 0.29) is 5.91 Å². The predicted octanol–water partition coefficient (Wildman–Crippen LogP) is 3.00. The summed E-state index contributed by atoms with van der Waals surface area (Å²) in [4.78, 5) is 21.5. The number of rotatable bonds is 9. The number of nitrogens with zero attached hydrogens (tertiary/aromatic N) is 4. The maximum Gasteiger partial charge on any atom is 0.242 e. The van der Waals surface area contributed by atoms with Crippen molar-refractivity contribution in [1.82, 2.24) is 19.4 Å². The van der Waals surface area contributed by atoms with E-state index in [0.29, 0.717) is 12.5 Å². The summed E-state index contributed by atoms with van der Waals surface area (Å²) < 4.78 is 7.25. The molecule has 1 aromatic carbocycles. The van der Waals surface area contributed by atoms with Gasteiger partial charge in [-0.3, -0.25) is 4.79 Å². The smallest absolute Gasteiger partial charge is 0.242 e. The first kappa shape index (κ1) is 21.4. The summed E-state index contributed by atoms with van der Waals surface area (Å²) >= 11 is 0. The summed E-state index contributed by atoms with van der Waals surface area (Å²) in [7, 11) is 1.71. The van der Waals surface area contributed by atoms with E-state index in [9.17, 15) is 4.79 Å². The average Bonchev–Trinajstić information content (AvgIpc) is 3.15. The van der Waals surface area contributed by atoms with Crippen molar-refractivity contribution < 1.29 is 9.53 Å². The van der Waals surface area contributed by atoms with Gasteiger partial charge in [-0.05, 0) is 63.3 Å². The quantitative estimate of drug-likeness (QED) is 0.652. The third-order valence-corrected chi connectivity index (χ3v) is 5.90. The first-order valence-corrected chi connectivity index (χ1v) is 10.7. The lowest BCUT2D eigenvalue weighted by Gasteiger charge is -2.35. The van der Waals surface area contributed by atoms with Gasteiger partial charge in [-0.15, -0.1) is 0 Å². The number of likely N-dealkylation sites (N-methyl/N-ethyl adjacent to an activating group) is 1. The molecule has 1 saturated heterocycles. The van der Waals surface area contributed by atoms with Crippen LogP contribution in [0.15, 0.2) is 36.7 Å². The summed E-state index contributed by atoms with van der Waals surface area (Å²) in [5.41, 5.74) is 1.31. The molecule has 2 aromatic rings. The first-order valence-electron chi connectivity index (χ1n) is 10.7. The van der Waals surface area contributed by atoms with Gasteiger partial charge in [-0.1, -0.05) is 12.1 Å². The fourth-order valence-electron chi connectivity index (χ4n) is 4.15. The number of methoxy groups -OCH3 is 1. The number of aryl methyl sites for hydroxylation is 1. The van der Waals surface area contributed by atoms with Crippen molar-refractivity contribution in [3.63, 3.8) is 0 Å². The molecule has 0 aliphatic carbocycles. The minimum absolute atomic E-state index is 0.183. The van der Waals surface area contributed by atoms with E-state index in [2.05, 4.69) is 35.0 Å².